The van der Waals surface area contributed by atoms with Crippen molar-refractivity contribution < 1.29 is 14.3 Å². The van der Waals surface area contributed by atoms with Crippen molar-refractivity contribution in [1.82, 2.24) is 14.8 Å². The third-order valence-corrected chi connectivity index (χ3v) is 6.42. The van der Waals surface area contributed by atoms with Crippen molar-refractivity contribution in [1.29, 1.82) is 0 Å². The van der Waals surface area contributed by atoms with Gasteiger partial charge in [0.25, 0.3) is 5.91 Å². The van der Waals surface area contributed by atoms with Gasteiger partial charge in [0.1, 0.15) is 11.3 Å². The Morgan fingerprint density at radius 1 is 1.10 bits per heavy atom. The molecule has 2 aliphatic heterocycles. The van der Waals surface area contributed by atoms with E-state index in [0.29, 0.717) is 23.1 Å². The van der Waals surface area contributed by atoms with Gasteiger partial charge in [0.15, 0.2) is 0 Å². The number of morpholine rings is 1. The van der Waals surface area contributed by atoms with Crippen LogP contribution in [0.3, 0.4) is 0 Å². The molecular formula is C23H28BrN3O3. The van der Waals surface area contributed by atoms with Crippen LogP contribution in [0, 0.1) is 5.92 Å². The Morgan fingerprint density at radius 2 is 1.83 bits per heavy atom. The molecule has 30 heavy (non-hydrogen) atoms. The van der Waals surface area contributed by atoms with Crippen LogP contribution in [0.5, 0.6) is 11.6 Å². The van der Waals surface area contributed by atoms with Crippen LogP contribution in [0.15, 0.2) is 47.1 Å². The third kappa shape index (κ3) is 5.59. The molecule has 2 aliphatic rings. The number of carbonyl (C=O) groups is 1. The first-order valence-corrected chi connectivity index (χ1v) is 11.5. The lowest BCUT2D eigenvalue weighted by Crippen LogP contribution is -2.41. The number of nitrogens with zero attached hydrogens (tertiary/aromatic N) is 3. The zero-order chi connectivity index (χ0) is 20.8. The normalized spacial score (nSPS) is 18.4. The lowest BCUT2D eigenvalue weighted by atomic mass is 9.93. The predicted molar refractivity (Wildman–Crippen MR) is 119 cm³/mol. The predicted octanol–water partition coefficient (Wildman–Crippen LogP) is 4.21. The summed E-state index contributed by atoms with van der Waals surface area (Å²) in [6.45, 7) is 6.50. The van der Waals surface area contributed by atoms with Crippen LogP contribution in [0.1, 0.15) is 29.6 Å². The number of hydrogen-bond acceptors (Lipinski definition) is 5. The van der Waals surface area contributed by atoms with Crippen molar-refractivity contribution >= 4 is 21.8 Å². The summed E-state index contributed by atoms with van der Waals surface area (Å²) in [6.07, 6.45) is 4.97. The molecule has 6 nitrogen and oxygen atoms in total. The van der Waals surface area contributed by atoms with Gasteiger partial charge in [0.2, 0.25) is 5.88 Å². The Kier molecular flexibility index (Phi) is 7.36. The summed E-state index contributed by atoms with van der Waals surface area (Å²) in [7, 11) is 0. The monoisotopic (exact) mass is 473 g/mol. The van der Waals surface area contributed by atoms with E-state index in [4.69, 9.17) is 9.47 Å². The highest BCUT2D eigenvalue weighted by molar-refractivity contribution is 9.10. The number of benzene rings is 1. The molecule has 2 aromatic rings. The number of carbonyl (C=O) groups excluding carboxylic acids is 1. The van der Waals surface area contributed by atoms with E-state index in [0.717, 1.165) is 63.3 Å². The van der Waals surface area contributed by atoms with Gasteiger partial charge in [-0.15, -0.1) is 0 Å². The van der Waals surface area contributed by atoms with Crippen LogP contribution in [-0.2, 0) is 4.74 Å². The van der Waals surface area contributed by atoms with Gasteiger partial charge in [-0.2, -0.15) is 0 Å². The van der Waals surface area contributed by atoms with Crippen molar-refractivity contribution in [3.8, 4) is 11.6 Å². The maximum Gasteiger partial charge on any atom is 0.259 e. The number of amides is 1. The molecule has 7 heteroatoms. The Hall–Kier alpha value is -1.96. The lowest BCUT2D eigenvalue weighted by molar-refractivity contribution is 0.0332. The van der Waals surface area contributed by atoms with Crippen molar-refractivity contribution in [3.63, 3.8) is 0 Å². The van der Waals surface area contributed by atoms with Crippen molar-refractivity contribution in [2.24, 2.45) is 5.92 Å². The molecular weight excluding hydrogens is 446 g/mol. The molecule has 4 rings (SSSR count). The van der Waals surface area contributed by atoms with Gasteiger partial charge in [-0.25, -0.2) is 4.98 Å². The maximum atomic E-state index is 13.2. The van der Waals surface area contributed by atoms with E-state index >= 15 is 0 Å². The van der Waals surface area contributed by atoms with Gasteiger partial charge < -0.3 is 14.4 Å². The average Bonchev–Trinajstić information content (AvgIpc) is 2.80. The van der Waals surface area contributed by atoms with Crippen LogP contribution in [-0.4, -0.2) is 66.6 Å². The molecule has 0 aliphatic carbocycles. The number of pyridine rings is 1. The highest BCUT2D eigenvalue weighted by Gasteiger charge is 2.26. The second-order valence-corrected chi connectivity index (χ2v) is 8.81. The van der Waals surface area contributed by atoms with Crippen LogP contribution < -0.4 is 4.74 Å². The Morgan fingerprint density at radius 3 is 2.57 bits per heavy atom. The molecule has 0 N–H and O–H groups in total. The standard InChI is InChI=1S/C23H28BrN3O3/c24-19-3-5-20(6-4-19)30-22-21(2-1-10-25-22)23(28)27-12-8-18(9-13-27)7-11-26-14-16-29-17-15-26/h1-6,10,18H,7-9,11-17H2. The van der Waals surface area contributed by atoms with Crippen molar-refractivity contribution in [2.45, 2.75) is 19.3 Å². The fourth-order valence-electron chi connectivity index (χ4n) is 4.03. The highest BCUT2D eigenvalue weighted by Crippen LogP contribution is 2.27. The highest BCUT2D eigenvalue weighted by atomic mass is 79.9. The number of rotatable bonds is 6. The molecule has 0 atom stereocenters. The first-order valence-electron chi connectivity index (χ1n) is 10.7. The smallest absolute Gasteiger partial charge is 0.259 e. The van der Waals surface area contributed by atoms with Gasteiger partial charge in [0.05, 0.1) is 13.2 Å². The van der Waals surface area contributed by atoms with E-state index in [2.05, 4.69) is 25.8 Å². The first kappa shape index (κ1) is 21.3. The Labute approximate surface area is 186 Å². The van der Waals surface area contributed by atoms with Crippen LogP contribution in [0.4, 0.5) is 0 Å². The average molecular weight is 474 g/mol. The summed E-state index contributed by atoms with van der Waals surface area (Å²) >= 11 is 3.42. The molecule has 1 amide bonds. The minimum atomic E-state index is 0.00170. The third-order valence-electron chi connectivity index (χ3n) is 5.89. The van der Waals surface area contributed by atoms with E-state index in [-0.39, 0.29) is 5.91 Å². The second kappa shape index (κ2) is 10.4. The molecule has 1 aromatic carbocycles. The van der Waals surface area contributed by atoms with E-state index < -0.39 is 0 Å². The SMILES string of the molecule is O=C(c1cccnc1Oc1ccc(Br)cc1)N1CCC(CCN2CCOCC2)CC1. The summed E-state index contributed by atoms with van der Waals surface area (Å²) in [5.74, 6) is 1.71. The summed E-state index contributed by atoms with van der Waals surface area (Å²) in [6, 6.07) is 11.1. The summed E-state index contributed by atoms with van der Waals surface area (Å²) in [5.41, 5.74) is 0.521. The number of likely N-dealkylation sites (tertiary alicyclic amines) is 1. The zero-order valence-corrected chi connectivity index (χ0v) is 18.7. The first-order chi connectivity index (χ1) is 14.7. The van der Waals surface area contributed by atoms with E-state index in [1.165, 1.54) is 6.42 Å². The summed E-state index contributed by atoms with van der Waals surface area (Å²) in [4.78, 5) is 21.9. The lowest BCUT2D eigenvalue weighted by Gasteiger charge is -2.34. The van der Waals surface area contributed by atoms with Crippen LogP contribution in [0.25, 0.3) is 0 Å². The number of ether oxygens (including phenoxy) is 2. The fraction of sp³-hybridized carbons (Fsp3) is 0.478. The number of halogens is 1. The number of hydrogen-bond donors (Lipinski definition) is 0. The molecule has 0 unspecified atom stereocenters. The minimum Gasteiger partial charge on any atom is -0.438 e. The van der Waals surface area contributed by atoms with E-state index in [1.807, 2.05) is 29.2 Å². The largest absolute Gasteiger partial charge is 0.438 e. The molecule has 3 heterocycles. The zero-order valence-electron chi connectivity index (χ0n) is 17.1. The number of piperidine rings is 1. The topological polar surface area (TPSA) is 54.9 Å². The molecule has 0 bridgehead atoms. The maximum absolute atomic E-state index is 13.2. The van der Waals surface area contributed by atoms with E-state index in [1.54, 1.807) is 18.3 Å². The molecule has 2 fully saturated rings. The van der Waals surface area contributed by atoms with Crippen molar-refractivity contribution in [2.75, 3.05) is 45.9 Å². The van der Waals surface area contributed by atoms with Crippen LogP contribution >= 0.6 is 15.9 Å². The van der Waals surface area contributed by atoms with Gasteiger partial charge >= 0.3 is 0 Å². The molecule has 0 spiro atoms. The van der Waals surface area contributed by atoms with Crippen LogP contribution in [0.2, 0.25) is 0 Å². The molecule has 0 radical (unpaired) electrons. The van der Waals surface area contributed by atoms with Gasteiger partial charge in [-0.3, -0.25) is 9.69 Å². The summed E-state index contributed by atoms with van der Waals surface area (Å²) in [5, 5.41) is 0. The molecule has 160 valence electrons. The van der Waals surface area contributed by atoms with Gasteiger partial charge in [0, 0.05) is 36.8 Å². The Balaban J connectivity index is 1.32. The van der Waals surface area contributed by atoms with Gasteiger partial charge in [-0.05, 0) is 68.1 Å². The Bertz CT molecular complexity index is 832. The van der Waals surface area contributed by atoms with Crippen molar-refractivity contribution in [3.05, 3.63) is 52.6 Å². The minimum absolute atomic E-state index is 0.00170. The van der Waals surface area contributed by atoms with E-state index in [9.17, 15) is 4.79 Å². The molecule has 2 saturated heterocycles. The number of aromatic nitrogens is 1. The fourth-order valence-corrected chi connectivity index (χ4v) is 4.30. The summed E-state index contributed by atoms with van der Waals surface area (Å²) < 4.78 is 12.3. The quantitative estimate of drug-likeness (QED) is 0.628. The molecule has 1 aromatic heterocycles. The molecule has 0 saturated carbocycles. The second-order valence-electron chi connectivity index (χ2n) is 7.89. The van der Waals surface area contributed by atoms with Gasteiger partial charge in [-0.1, -0.05) is 15.9 Å².